The molecular weight excluding hydrogens is 402 g/mol. The molecule has 3 rings (SSSR count). The minimum absolute atomic E-state index is 0.753. The van der Waals surface area contributed by atoms with Crippen LogP contribution in [0.1, 0.15) is 63.5 Å². The van der Waals surface area contributed by atoms with Crippen LogP contribution in [0, 0.1) is 5.92 Å². The zero-order chi connectivity index (χ0) is 23.8. The molecule has 1 unspecified atom stereocenters. The lowest BCUT2D eigenvalue weighted by atomic mass is 9.99. The van der Waals surface area contributed by atoms with Crippen LogP contribution >= 0.6 is 0 Å². The van der Waals surface area contributed by atoms with Gasteiger partial charge in [-0.15, -0.1) is 0 Å². The molecule has 3 heteroatoms. The molecule has 0 N–H and O–H groups in total. The summed E-state index contributed by atoms with van der Waals surface area (Å²) >= 11 is 0. The summed E-state index contributed by atoms with van der Waals surface area (Å²) in [6.45, 7) is 8.09. The summed E-state index contributed by atoms with van der Waals surface area (Å²) in [5, 5.41) is 2.90. The van der Waals surface area contributed by atoms with E-state index in [1.165, 1.54) is 71.5 Å². The van der Waals surface area contributed by atoms with E-state index >= 15 is 0 Å². The molecule has 0 spiro atoms. The van der Waals surface area contributed by atoms with Crippen molar-refractivity contribution in [1.29, 1.82) is 0 Å². The SMILES string of the molecule is CCCCC(CC)Cn1c2ccc(CCCN(C)C)cc2c2cc(CCCN(C)C)ccc21. The van der Waals surface area contributed by atoms with Crippen molar-refractivity contribution in [1.82, 2.24) is 14.4 Å². The van der Waals surface area contributed by atoms with Crippen LogP contribution in [0.15, 0.2) is 36.4 Å². The van der Waals surface area contributed by atoms with Crippen LogP contribution in [0.25, 0.3) is 21.8 Å². The van der Waals surface area contributed by atoms with Gasteiger partial charge in [-0.3, -0.25) is 0 Å². The lowest BCUT2D eigenvalue weighted by Gasteiger charge is -2.17. The van der Waals surface area contributed by atoms with E-state index in [1.54, 1.807) is 0 Å². The first kappa shape index (κ1) is 25.8. The average molecular weight is 450 g/mol. The van der Waals surface area contributed by atoms with Gasteiger partial charge in [0, 0.05) is 28.4 Å². The molecule has 182 valence electrons. The molecule has 0 fully saturated rings. The van der Waals surface area contributed by atoms with Gasteiger partial charge in [0.25, 0.3) is 0 Å². The molecule has 0 aliphatic carbocycles. The summed E-state index contributed by atoms with van der Waals surface area (Å²) < 4.78 is 2.63. The van der Waals surface area contributed by atoms with Crippen LogP contribution in [-0.2, 0) is 19.4 Å². The minimum Gasteiger partial charge on any atom is -0.340 e. The quantitative estimate of drug-likeness (QED) is 0.262. The van der Waals surface area contributed by atoms with E-state index in [4.69, 9.17) is 0 Å². The number of benzene rings is 2. The van der Waals surface area contributed by atoms with E-state index in [1.807, 2.05) is 0 Å². The molecule has 2 aromatic carbocycles. The van der Waals surface area contributed by atoms with Gasteiger partial charge in [0.1, 0.15) is 0 Å². The van der Waals surface area contributed by atoms with Gasteiger partial charge < -0.3 is 14.4 Å². The van der Waals surface area contributed by atoms with Crippen LogP contribution in [0.3, 0.4) is 0 Å². The van der Waals surface area contributed by atoms with Gasteiger partial charge in [0.05, 0.1) is 0 Å². The van der Waals surface area contributed by atoms with Crippen molar-refractivity contribution < 1.29 is 0 Å². The lowest BCUT2D eigenvalue weighted by Crippen LogP contribution is -2.13. The Kier molecular flexibility index (Phi) is 9.82. The molecule has 0 saturated carbocycles. The van der Waals surface area contributed by atoms with E-state index in [-0.39, 0.29) is 0 Å². The van der Waals surface area contributed by atoms with Crippen molar-refractivity contribution in [3.63, 3.8) is 0 Å². The highest BCUT2D eigenvalue weighted by atomic mass is 15.0. The van der Waals surface area contributed by atoms with E-state index < -0.39 is 0 Å². The highest BCUT2D eigenvalue weighted by molar-refractivity contribution is 6.08. The van der Waals surface area contributed by atoms with E-state index in [9.17, 15) is 0 Å². The van der Waals surface area contributed by atoms with Gasteiger partial charge in [-0.2, -0.15) is 0 Å². The van der Waals surface area contributed by atoms with Gasteiger partial charge in [-0.05, 0) is 115 Å². The van der Waals surface area contributed by atoms with Gasteiger partial charge in [0.15, 0.2) is 0 Å². The average Bonchev–Trinajstić information content (AvgIpc) is 3.08. The Morgan fingerprint density at radius 3 is 1.67 bits per heavy atom. The van der Waals surface area contributed by atoms with Crippen LogP contribution in [0.2, 0.25) is 0 Å². The highest BCUT2D eigenvalue weighted by Crippen LogP contribution is 2.33. The standard InChI is InChI=1S/C30H47N3/c1-7-9-12-24(8-2)23-33-29-17-15-25(13-10-19-31(3)4)21-27(29)28-22-26(16-18-30(28)33)14-11-20-32(5)6/h15-18,21-22,24H,7-14,19-20,23H2,1-6H3. The number of unbranched alkanes of at least 4 members (excludes halogenated alkanes) is 1. The maximum atomic E-state index is 2.63. The molecule has 1 aromatic heterocycles. The number of rotatable bonds is 14. The number of nitrogens with zero attached hydrogens (tertiary/aromatic N) is 3. The fourth-order valence-corrected chi connectivity index (χ4v) is 5.08. The number of hydrogen-bond acceptors (Lipinski definition) is 2. The molecule has 0 aliphatic rings. The fourth-order valence-electron chi connectivity index (χ4n) is 5.08. The van der Waals surface area contributed by atoms with E-state index in [0.29, 0.717) is 0 Å². The Labute approximate surface area is 202 Å². The van der Waals surface area contributed by atoms with Crippen LogP contribution in [0.4, 0.5) is 0 Å². The Morgan fingerprint density at radius 1 is 0.727 bits per heavy atom. The predicted molar refractivity (Wildman–Crippen MR) is 146 cm³/mol. The summed E-state index contributed by atoms with van der Waals surface area (Å²) in [4.78, 5) is 4.57. The molecule has 1 heterocycles. The normalized spacial score (nSPS) is 13.1. The Hall–Kier alpha value is -1.84. The summed E-state index contributed by atoms with van der Waals surface area (Å²) in [7, 11) is 8.66. The number of fused-ring (bicyclic) bond motifs is 3. The van der Waals surface area contributed by atoms with Crippen molar-refractivity contribution in [2.75, 3.05) is 41.3 Å². The molecule has 3 nitrogen and oxygen atoms in total. The largest absolute Gasteiger partial charge is 0.340 e. The second-order valence-corrected chi connectivity index (χ2v) is 10.5. The first-order chi connectivity index (χ1) is 15.9. The molecule has 0 aliphatic heterocycles. The topological polar surface area (TPSA) is 11.4 Å². The van der Waals surface area contributed by atoms with Gasteiger partial charge >= 0.3 is 0 Å². The molecule has 33 heavy (non-hydrogen) atoms. The second-order valence-electron chi connectivity index (χ2n) is 10.5. The maximum Gasteiger partial charge on any atom is 0.0491 e. The zero-order valence-corrected chi connectivity index (χ0v) is 22.2. The summed E-state index contributed by atoms with van der Waals surface area (Å²) in [5.41, 5.74) is 5.78. The smallest absolute Gasteiger partial charge is 0.0491 e. The second kappa shape index (κ2) is 12.6. The zero-order valence-electron chi connectivity index (χ0n) is 22.2. The molecule has 0 radical (unpaired) electrons. The molecule has 0 saturated heterocycles. The van der Waals surface area contributed by atoms with E-state index in [2.05, 4.69) is 92.8 Å². The van der Waals surface area contributed by atoms with Crippen molar-refractivity contribution in [2.45, 2.75) is 71.8 Å². The highest BCUT2D eigenvalue weighted by Gasteiger charge is 2.15. The number of hydrogen-bond donors (Lipinski definition) is 0. The van der Waals surface area contributed by atoms with Crippen LogP contribution < -0.4 is 0 Å². The van der Waals surface area contributed by atoms with Gasteiger partial charge in [-0.1, -0.05) is 45.2 Å². The van der Waals surface area contributed by atoms with Gasteiger partial charge in [-0.25, -0.2) is 0 Å². The third kappa shape index (κ3) is 7.07. The van der Waals surface area contributed by atoms with Crippen molar-refractivity contribution >= 4 is 21.8 Å². The summed E-state index contributed by atoms with van der Waals surface area (Å²) in [6, 6.07) is 14.5. The number of aromatic nitrogens is 1. The first-order valence-corrected chi connectivity index (χ1v) is 13.3. The molecule has 0 amide bonds. The Bertz CT molecular complexity index is 927. The first-order valence-electron chi connectivity index (χ1n) is 13.3. The molecule has 1 atom stereocenters. The van der Waals surface area contributed by atoms with Gasteiger partial charge in [0.2, 0.25) is 0 Å². The third-order valence-corrected chi connectivity index (χ3v) is 7.12. The van der Waals surface area contributed by atoms with Crippen molar-refractivity contribution in [3.05, 3.63) is 47.5 Å². The fraction of sp³-hybridized carbons (Fsp3) is 0.600. The van der Waals surface area contributed by atoms with Crippen LogP contribution in [0.5, 0.6) is 0 Å². The minimum atomic E-state index is 0.753. The Balaban J connectivity index is 1.98. The monoisotopic (exact) mass is 449 g/mol. The number of aryl methyl sites for hydroxylation is 2. The van der Waals surface area contributed by atoms with Crippen LogP contribution in [-0.4, -0.2) is 55.6 Å². The van der Waals surface area contributed by atoms with Crippen molar-refractivity contribution in [2.24, 2.45) is 5.92 Å². The third-order valence-electron chi connectivity index (χ3n) is 7.12. The maximum absolute atomic E-state index is 2.63. The molecule has 3 aromatic rings. The predicted octanol–water partition coefficient (Wildman–Crippen LogP) is 7.00. The summed E-state index contributed by atoms with van der Waals surface area (Å²) in [5.74, 6) is 0.753. The van der Waals surface area contributed by atoms with E-state index in [0.717, 1.165) is 38.4 Å². The molecule has 0 bridgehead atoms. The molecular formula is C30H47N3. The summed E-state index contributed by atoms with van der Waals surface area (Å²) in [6.07, 6.45) is 9.93. The lowest BCUT2D eigenvalue weighted by molar-refractivity contribution is 0.400. The van der Waals surface area contributed by atoms with Crippen molar-refractivity contribution in [3.8, 4) is 0 Å². The Morgan fingerprint density at radius 2 is 1.24 bits per heavy atom.